The maximum atomic E-state index is 8.85. The number of hydrogen-bond donors (Lipinski definition) is 2. The molecule has 0 atom stereocenters. The van der Waals surface area contributed by atoms with Crippen LogP contribution in [0.3, 0.4) is 0 Å². The Balaban J connectivity index is 1.53. The minimum absolute atomic E-state index is 0.148. The first-order valence-electron chi connectivity index (χ1n) is 12.6. The van der Waals surface area contributed by atoms with E-state index in [1.165, 1.54) is 12.8 Å². The molecule has 8 heteroatoms. The topological polar surface area (TPSA) is 103 Å². The van der Waals surface area contributed by atoms with Gasteiger partial charge >= 0.3 is 0 Å². The lowest BCUT2D eigenvalue weighted by Crippen LogP contribution is -2.21. The standard InChI is InChI=1S/C27H36N4O4/c1-4-19-15-21(14-18(2)25(19)34-13-7-10-28-11-12-32)26-30-27(35-31-26)22-16-23(20-8-5-6-9-20)29-24(17-22)33-3/h14-17,20,28,32H,4-13H2,1-3H3. The summed E-state index contributed by atoms with van der Waals surface area (Å²) in [5, 5.41) is 16.3. The lowest BCUT2D eigenvalue weighted by Gasteiger charge is -2.15. The van der Waals surface area contributed by atoms with Gasteiger partial charge in [-0.15, -0.1) is 0 Å². The van der Waals surface area contributed by atoms with Gasteiger partial charge in [-0.05, 0) is 68.5 Å². The molecule has 0 bridgehead atoms. The summed E-state index contributed by atoms with van der Waals surface area (Å²) in [6, 6.07) is 8.04. The van der Waals surface area contributed by atoms with Crippen LogP contribution in [0.25, 0.3) is 22.8 Å². The maximum Gasteiger partial charge on any atom is 0.258 e. The van der Waals surface area contributed by atoms with Gasteiger partial charge in [0.15, 0.2) is 0 Å². The quantitative estimate of drug-likeness (QED) is 0.360. The Bertz CT molecular complexity index is 1110. The number of rotatable bonds is 12. The first-order valence-corrected chi connectivity index (χ1v) is 12.6. The van der Waals surface area contributed by atoms with Crippen molar-refractivity contribution < 1.29 is 19.1 Å². The molecule has 1 fully saturated rings. The van der Waals surface area contributed by atoms with Crippen LogP contribution in [0.2, 0.25) is 0 Å². The predicted molar refractivity (Wildman–Crippen MR) is 135 cm³/mol. The number of pyridine rings is 1. The van der Waals surface area contributed by atoms with Gasteiger partial charge in [0, 0.05) is 35.3 Å². The molecule has 0 amide bonds. The summed E-state index contributed by atoms with van der Waals surface area (Å²) in [5.74, 6) is 2.96. The number of benzene rings is 1. The number of aliphatic hydroxyl groups excluding tert-OH is 1. The number of aryl methyl sites for hydroxylation is 2. The van der Waals surface area contributed by atoms with Gasteiger partial charge < -0.3 is 24.4 Å². The van der Waals surface area contributed by atoms with E-state index in [-0.39, 0.29) is 6.61 Å². The smallest absolute Gasteiger partial charge is 0.258 e. The molecule has 0 saturated heterocycles. The second-order valence-electron chi connectivity index (χ2n) is 9.04. The van der Waals surface area contributed by atoms with E-state index in [9.17, 15) is 0 Å². The molecule has 1 aliphatic carbocycles. The van der Waals surface area contributed by atoms with E-state index in [2.05, 4.69) is 34.5 Å². The molecule has 35 heavy (non-hydrogen) atoms. The number of methoxy groups -OCH3 is 1. The number of hydrogen-bond acceptors (Lipinski definition) is 8. The summed E-state index contributed by atoms with van der Waals surface area (Å²) in [7, 11) is 1.63. The van der Waals surface area contributed by atoms with Crippen LogP contribution in [0.5, 0.6) is 11.6 Å². The zero-order chi connectivity index (χ0) is 24.6. The summed E-state index contributed by atoms with van der Waals surface area (Å²) in [6.45, 7) is 6.34. The molecule has 0 aliphatic heterocycles. The molecule has 0 unspecified atom stereocenters. The summed E-state index contributed by atoms with van der Waals surface area (Å²) >= 11 is 0. The molecule has 0 radical (unpaired) electrons. The van der Waals surface area contributed by atoms with Crippen molar-refractivity contribution in [2.45, 2.75) is 58.3 Å². The van der Waals surface area contributed by atoms with E-state index in [0.717, 1.165) is 65.9 Å². The molecule has 2 aromatic heterocycles. The van der Waals surface area contributed by atoms with E-state index in [1.54, 1.807) is 7.11 Å². The minimum atomic E-state index is 0.148. The van der Waals surface area contributed by atoms with Crippen LogP contribution in [0.15, 0.2) is 28.8 Å². The van der Waals surface area contributed by atoms with Crippen molar-refractivity contribution in [3.8, 4) is 34.5 Å². The highest BCUT2D eigenvalue weighted by Crippen LogP contribution is 2.36. The Hall–Kier alpha value is -2.97. The van der Waals surface area contributed by atoms with E-state index in [1.807, 2.05) is 19.1 Å². The monoisotopic (exact) mass is 480 g/mol. The zero-order valence-corrected chi connectivity index (χ0v) is 21.0. The van der Waals surface area contributed by atoms with Crippen LogP contribution in [0.1, 0.15) is 61.8 Å². The van der Waals surface area contributed by atoms with Gasteiger partial charge in [-0.25, -0.2) is 4.98 Å². The van der Waals surface area contributed by atoms with Gasteiger partial charge in [0.05, 0.1) is 20.3 Å². The molecule has 1 aromatic carbocycles. The van der Waals surface area contributed by atoms with Gasteiger partial charge in [-0.1, -0.05) is 24.9 Å². The average Bonchev–Trinajstić information content (AvgIpc) is 3.59. The van der Waals surface area contributed by atoms with Crippen LogP contribution in [-0.4, -0.2) is 53.6 Å². The second kappa shape index (κ2) is 12.1. The van der Waals surface area contributed by atoms with Gasteiger partial charge in [0.2, 0.25) is 11.7 Å². The average molecular weight is 481 g/mol. The number of aromatic nitrogens is 3. The highest BCUT2D eigenvalue weighted by atomic mass is 16.5. The minimum Gasteiger partial charge on any atom is -0.493 e. The molecule has 0 spiro atoms. The fraction of sp³-hybridized carbons (Fsp3) is 0.519. The van der Waals surface area contributed by atoms with E-state index in [0.29, 0.717) is 36.7 Å². The molecule has 3 aromatic rings. The summed E-state index contributed by atoms with van der Waals surface area (Å²) in [6.07, 6.45) is 6.50. The van der Waals surface area contributed by atoms with E-state index in [4.69, 9.17) is 24.1 Å². The molecule has 4 rings (SSSR count). The predicted octanol–water partition coefficient (Wildman–Crippen LogP) is 4.69. The van der Waals surface area contributed by atoms with Gasteiger partial charge in [-0.2, -0.15) is 4.98 Å². The molecular weight excluding hydrogens is 444 g/mol. The van der Waals surface area contributed by atoms with Crippen molar-refractivity contribution in [1.82, 2.24) is 20.4 Å². The third kappa shape index (κ3) is 6.18. The third-order valence-corrected chi connectivity index (χ3v) is 6.50. The fourth-order valence-corrected chi connectivity index (χ4v) is 4.66. The largest absolute Gasteiger partial charge is 0.493 e. The van der Waals surface area contributed by atoms with Gasteiger partial charge in [-0.3, -0.25) is 0 Å². The zero-order valence-electron chi connectivity index (χ0n) is 21.0. The van der Waals surface area contributed by atoms with Crippen LogP contribution in [0.4, 0.5) is 0 Å². The Morgan fingerprint density at radius 3 is 2.66 bits per heavy atom. The molecule has 2 heterocycles. The SMILES string of the molecule is CCc1cc(-c2noc(-c3cc(OC)nc(C4CCCC4)c3)n2)cc(C)c1OCCCNCCO. The number of nitrogens with zero attached hydrogens (tertiary/aromatic N) is 3. The molecular formula is C27H36N4O4. The summed E-state index contributed by atoms with van der Waals surface area (Å²) in [4.78, 5) is 9.39. The Kier molecular flexibility index (Phi) is 8.71. The van der Waals surface area contributed by atoms with Crippen molar-refractivity contribution >= 4 is 0 Å². The molecule has 188 valence electrons. The van der Waals surface area contributed by atoms with Crippen molar-refractivity contribution in [2.24, 2.45) is 0 Å². The van der Waals surface area contributed by atoms with Gasteiger partial charge in [0.25, 0.3) is 5.89 Å². The number of ether oxygens (including phenoxy) is 2. The lowest BCUT2D eigenvalue weighted by molar-refractivity contribution is 0.280. The maximum absolute atomic E-state index is 8.85. The molecule has 8 nitrogen and oxygen atoms in total. The molecule has 1 aliphatic rings. The first kappa shape index (κ1) is 25.1. The number of nitrogens with one attached hydrogen (secondary N) is 1. The summed E-state index contributed by atoms with van der Waals surface area (Å²) in [5.41, 5.74) is 4.93. The van der Waals surface area contributed by atoms with Crippen molar-refractivity contribution in [1.29, 1.82) is 0 Å². The van der Waals surface area contributed by atoms with Crippen molar-refractivity contribution in [3.05, 3.63) is 41.1 Å². The van der Waals surface area contributed by atoms with E-state index < -0.39 is 0 Å². The number of aliphatic hydroxyl groups is 1. The molecule has 1 saturated carbocycles. The second-order valence-corrected chi connectivity index (χ2v) is 9.04. The van der Waals surface area contributed by atoms with Crippen molar-refractivity contribution in [3.63, 3.8) is 0 Å². The lowest BCUT2D eigenvalue weighted by atomic mass is 10.0. The van der Waals surface area contributed by atoms with Crippen LogP contribution in [-0.2, 0) is 6.42 Å². The first-order chi connectivity index (χ1) is 17.1. The van der Waals surface area contributed by atoms with E-state index >= 15 is 0 Å². The Morgan fingerprint density at radius 1 is 1.09 bits per heavy atom. The Labute approximate surface area is 207 Å². The Morgan fingerprint density at radius 2 is 1.91 bits per heavy atom. The molecule has 2 N–H and O–H groups in total. The van der Waals surface area contributed by atoms with Crippen LogP contribution in [0, 0.1) is 6.92 Å². The van der Waals surface area contributed by atoms with Crippen LogP contribution < -0.4 is 14.8 Å². The third-order valence-electron chi connectivity index (χ3n) is 6.50. The summed E-state index contributed by atoms with van der Waals surface area (Å²) < 4.78 is 17.2. The van der Waals surface area contributed by atoms with Gasteiger partial charge in [0.1, 0.15) is 5.75 Å². The van der Waals surface area contributed by atoms with Crippen LogP contribution >= 0.6 is 0 Å². The highest BCUT2D eigenvalue weighted by Gasteiger charge is 2.22. The highest BCUT2D eigenvalue weighted by molar-refractivity contribution is 5.64. The normalized spacial score (nSPS) is 13.9. The fourth-order valence-electron chi connectivity index (χ4n) is 4.66. The van der Waals surface area contributed by atoms with Crippen molar-refractivity contribution in [2.75, 3.05) is 33.4 Å².